The predicted molar refractivity (Wildman–Crippen MR) is 95.5 cm³/mol. The van der Waals surface area contributed by atoms with Crippen molar-refractivity contribution in [2.24, 2.45) is 5.73 Å². The predicted octanol–water partition coefficient (Wildman–Crippen LogP) is 1.70. The number of aromatic nitrogens is 5. The molecule has 0 bridgehead atoms. The number of hydrogen-bond acceptors (Lipinski definition) is 8. The average Bonchev–Trinajstić information content (AvgIpc) is 3.06. The Morgan fingerprint density at radius 3 is 2.50 bits per heavy atom. The molecule has 0 aromatic carbocycles. The Kier molecular flexibility index (Phi) is 4.45. The fourth-order valence-electron chi connectivity index (χ4n) is 2.25. The fraction of sp³-hybridized carbons (Fsp3) is 0.375. The van der Waals surface area contributed by atoms with E-state index in [9.17, 15) is 9.59 Å². The standard InChI is InChI=1S/C16H18N6O3S/c1-8-18-5-9(6-19-8)15-20-14-12(26-15)11(13(17)24)21-22(14)7-10(23)25-16(2,3)4/h5-6H,7H2,1-4H3,(H2,17,24). The van der Waals surface area contributed by atoms with Gasteiger partial charge in [0.15, 0.2) is 11.3 Å². The van der Waals surface area contributed by atoms with Crippen LogP contribution >= 0.6 is 11.3 Å². The number of rotatable bonds is 4. The van der Waals surface area contributed by atoms with E-state index in [-0.39, 0.29) is 12.2 Å². The molecule has 3 heterocycles. The van der Waals surface area contributed by atoms with Gasteiger partial charge < -0.3 is 10.5 Å². The van der Waals surface area contributed by atoms with E-state index in [1.807, 2.05) is 0 Å². The van der Waals surface area contributed by atoms with Gasteiger partial charge in [0.05, 0.1) is 0 Å². The number of hydrogen-bond donors (Lipinski definition) is 1. The summed E-state index contributed by atoms with van der Waals surface area (Å²) < 4.78 is 7.15. The van der Waals surface area contributed by atoms with E-state index in [1.54, 1.807) is 40.1 Å². The number of nitrogens with zero attached hydrogens (tertiary/aromatic N) is 5. The third-order valence-electron chi connectivity index (χ3n) is 3.25. The third-order valence-corrected chi connectivity index (χ3v) is 4.35. The van der Waals surface area contributed by atoms with Crippen molar-refractivity contribution < 1.29 is 14.3 Å². The second kappa shape index (κ2) is 6.45. The van der Waals surface area contributed by atoms with Crippen LogP contribution < -0.4 is 5.73 Å². The van der Waals surface area contributed by atoms with Gasteiger partial charge in [-0.3, -0.25) is 9.59 Å². The van der Waals surface area contributed by atoms with Gasteiger partial charge in [-0.1, -0.05) is 0 Å². The molecule has 0 aliphatic heterocycles. The van der Waals surface area contributed by atoms with Crippen LogP contribution in [0.3, 0.4) is 0 Å². The highest BCUT2D eigenvalue weighted by atomic mass is 32.1. The molecule has 1 amide bonds. The summed E-state index contributed by atoms with van der Waals surface area (Å²) in [4.78, 5) is 36.6. The first-order valence-corrected chi connectivity index (χ1v) is 8.64. The zero-order valence-electron chi connectivity index (χ0n) is 14.8. The maximum atomic E-state index is 12.1. The lowest BCUT2D eigenvalue weighted by Gasteiger charge is -2.19. The summed E-state index contributed by atoms with van der Waals surface area (Å²) in [5, 5.41) is 4.73. The van der Waals surface area contributed by atoms with E-state index in [0.29, 0.717) is 26.7 Å². The zero-order chi connectivity index (χ0) is 19.1. The summed E-state index contributed by atoms with van der Waals surface area (Å²) >= 11 is 1.24. The largest absolute Gasteiger partial charge is 0.459 e. The quantitative estimate of drug-likeness (QED) is 0.689. The Morgan fingerprint density at radius 2 is 1.92 bits per heavy atom. The summed E-state index contributed by atoms with van der Waals surface area (Å²) in [5.41, 5.74) is 5.96. The number of primary amides is 1. The Bertz CT molecular complexity index is 984. The molecule has 0 fully saturated rings. The molecule has 136 valence electrons. The molecule has 3 aromatic heterocycles. The third kappa shape index (κ3) is 3.69. The molecule has 0 saturated heterocycles. The Balaban J connectivity index is 2.02. The number of aryl methyl sites for hydroxylation is 1. The Labute approximate surface area is 153 Å². The molecular weight excluding hydrogens is 356 g/mol. The summed E-state index contributed by atoms with van der Waals surface area (Å²) in [5.74, 6) is -0.525. The van der Waals surface area contributed by atoms with Gasteiger partial charge in [-0.05, 0) is 27.7 Å². The van der Waals surface area contributed by atoms with E-state index in [4.69, 9.17) is 10.5 Å². The molecule has 3 rings (SSSR count). The lowest BCUT2D eigenvalue weighted by molar-refractivity contribution is -0.155. The molecule has 0 radical (unpaired) electrons. The molecule has 0 unspecified atom stereocenters. The van der Waals surface area contributed by atoms with Gasteiger partial charge >= 0.3 is 5.97 Å². The van der Waals surface area contributed by atoms with Crippen LogP contribution in [0.25, 0.3) is 20.9 Å². The lowest BCUT2D eigenvalue weighted by Crippen LogP contribution is -2.27. The molecule has 3 aromatic rings. The highest BCUT2D eigenvalue weighted by Gasteiger charge is 2.23. The van der Waals surface area contributed by atoms with Crippen molar-refractivity contribution in [3.63, 3.8) is 0 Å². The van der Waals surface area contributed by atoms with Gasteiger partial charge in [-0.25, -0.2) is 19.6 Å². The maximum Gasteiger partial charge on any atom is 0.328 e. The summed E-state index contributed by atoms with van der Waals surface area (Å²) in [6.07, 6.45) is 3.30. The van der Waals surface area contributed by atoms with Crippen molar-refractivity contribution in [3.8, 4) is 10.6 Å². The number of carbonyl (C=O) groups excluding carboxylic acids is 2. The number of nitrogens with two attached hydrogens (primary N) is 1. The SMILES string of the molecule is Cc1ncc(-c2nc3c(s2)c(C(N)=O)nn3CC(=O)OC(C)(C)C)cn1. The molecule has 0 atom stereocenters. The molecule has 0 aliphatic rings. The molecule has 26 heavy (non-hydrogen) atoms. The van der Waals surface area contributed by atoms with Gasteiger partial charge in [0.1, 0.15) is 27.7 Å². The first-order chi connectivity index (χ1) is 12.1. The van der Waals surface area contributed by atoms with E-state index in [0.717, 1.165) is 0 Å². The molecule has 0 aliphatic carbocycles. The van der Waals surface area contributed by atoms with E-state index in [2.05, 4.69) is 20.1 Å². The summed E-state index contributed by atoms with van der Waals surface area (Å²) in [7, 11) is 0. The number of carbonyl (C=O) groups is 2. The highest BCUT2D eigenvalue weighted by molar-refractivity contribution is 7.22. The normalized spacial score (nSPS) is 11.7. The average molecular weight is 374 g/mol. The van der Waals surface area contributed by atoms with Crippen molar-refractivity contribution in [1.82, 2.24) is 24.7 Å². The second-order valence-electron chi connectivity index (χ2n) is 6.65. The first-order valence-electron chi connectivity index (χ1n) is 7.82. The molecule has 0 spiro atoms. The molecule has 10 heteroatoms. The summed E-state index contributed by atoms with van der Waals surface area (Å²) in [6, 6.07) is 0. The molecule has 9 nitrogen and oxygen atoms in total. The lowest BCUT2D eigenvalue weighted by atomic mass is 10.2. The van der Waals surface area contributed by atoms with Crippen LogP contribution in [0, 0.1) is 6.92 Å². The van der Waals surface area contributed by atoms with Gasteiger partial charge in [-0.2, -0.15) is 5.10 Å². The molecule has 0 saturated carbocycles. The number of thiazole rings is 1. The molecular formula is C16H18N6O3S. The first kappa shape index (κ1) is 17.9. The van der Waals surface area contributed by atoms with Gasteiger partial charge in [-0.15, -0.1) is 11.3 Å². The zero-order valence-corrected chi connectivity index (χ0v) is 15.6. The van der Waals surface area contributed by atoms with Crippen LogP contribution in [0.1, 0.15) is 37.1 Å². The van der Waals surface area contributed by atoms with E-state index < -0.39 is 17.5 Å². The van der Waals surface area contributed by atoms with Crippen LogP contribution in [0.2, 0.25) is 0 Å². The number of ether oxygens (including phenoxy) is 1. The Hall–Kier alpha value is -2.88. The number of esters is 1. The van der Waals surface area contributed by atoms with Crippen molar-refractivity contribution >= 4 is 33.6 Å². The number of fused-ring (bicyclic) bond motifs is 1. The monoisotopic (exact) mass is 374 g/mol. The minimum atomic E-state index is -0.687. The van der Waals surface area contributed by atoms with Crippen molar-refractivity contribution in [3.05, 3.63) is 23.9 Å². The van der Waals surface area contributed by atoms with E-state index >= 15 is 0 Å². The van der Waals surface area contributed by atoms with Crippen LogP contribution in [0.15, 0.2) is 12.4 Å². The minimum absolute atomic E-state index is 0.0698. The van der Waals surface area contributed by atoms with Gasteiger partial charge in [0.2, 0.25) is 0 Å². The van der Waals surface area contributed by atoms with Crippen LogP contribution in [0.4, 0.5) is 0 Å². The van der Waals surface area contributed by atoms with Crippen LogP contribution in [0.5, 0.6) is 0 Å². The van der Waals surface area contributed by atoms with E-state index in [1.165, 1.54) is 16.0 Å². The fourth-order valence-corrected chi connectivity index (χ4v) is 3.28. The van der Waals surface area contributed by atoms with Crippen molar-refractivity contribution in [1.29, 1.82) is 0 Å². The molecule has 2 N–H and O–H groups in total. The minimum Gasteiger partial charge on any atom is -0.459 e. The smallest absolute Gasteiger partial charge is 0.328 e. The van der Waals surface area contributed by atoms with Crippen molar-refractivity contribution in [2.45, 2.75) is 39.8 Å². The highest BCUT2D eigenvalue weighted by Crippen LogP contribution is 2.31. The topological polar surface area (TPSA) is 126 Å². The van der Waals surface area contributed by atoms with Gasteiger partial charge in [0.25, 0.3) is 5.91 Å². The van der Waals surface area contributed by atoms with Gasteiger partial charge in [0, 0.05) is 18.0 Å². The van der Waals surface area contributed by atoms with Crippen LogP contribution in [-0.4, -0.2) is 42.2 Å². The van der Waals surface area contributed by atoms with Crippen LogP contribution in [-0.2, 0) is 16.1 Å². The maximum absolute atomic E-state index is 12.1. The Morgan fingerprint density at radius 1 is 1.27 bits per heavy atom. The summed E-state index contributed by atoms with van der Waals surface area (Å²) in [6.45, 7) is 6.94. The number of amides is 1. The van der Waals surface area contributed by atoms with Crippen molar-refractivity contribution in [2.75, 3.05) is 0 Å². The second-order valence-corrected chi connectivity index (χ2v) is 7.65.